The third kappa shape index (κ3) is 2.08. The SMILES string of the molecule is CCCC(=O)c1cccc(N)c1C. The van der Waals surface area contributed by atoms with Crippen molar-refractivity contribution in [2.45, 2.75) is 26.7 Å². The summed E-state index contributed by atoms with van der Waals surface area (Å²) in [5, 5.41) is 0. The zero-order valence-electron chi connectivity index (χ0n) is 8.13. The average molecular weight is 177 g/mol. The molecule has 1 aromatic carbocycles. The van der Waals surface area contributed by atoms with Gasteiger partial charge in [-0.3, -0.25) is 4.79 Å². The number of hydrogen-bond acceptors (Lipinski definition) is 2. The van der Waals surface area contributed by atoms with Crippen LogP contribution in [0.15, 0.2) is 18.2 Å². The van der Waals surface area contributed by atoms with Crippen LogP contribution in [0.3, 0.4) is 0 Å². The van der Waals surface area contributed by atoms with Crippen molar-refractivity contribution < 1.29 is 4.79 Å². The Kier molecular flexibility index (Phi) is 3.07. The summed E-state index contributed by atoms with van der Waals surface area (Å²) in [5.41, 5.74) is 8.07. The molecule has 1 aromatic rings. The zero-order valence-corrected chi connectivity index (χ0v) is 8.13. The van der Waals surface area contributed by atoms with Crippen LogP contribution in [0.1, 0.15) is 35.7 Å². The third-order valence-electron chi connectivity index (χ3n) is 2.15. The molecule has 13 heavy (non-hydrogen) atoms. The molecule has 0 unspecified atom stereocenters. The number of benzene rings is 1. The van der Waals surface area contributed by atoms with E-state index in [9.17, 15) is 4.79 Å². The van der Waals surface area contributed by atoms with E-state index in [4.69, 9.17) is 5.73 Å². The normalized spacial score (nSPS) is 10.0. The Labute approximate surface area is 78.8 Å². The number of rotatable bonds is 3. The summed E-state index contributed by atoms with van der Waals surface area (Å²) in [6.07, 6.45) is 1.48. The first kappa shape index (κ1) is 9.78. The van der Waals surface area contributed by atoms with Crippen LogP contribution in [0.25, 0.3) is 0 Å². The topological polar surface area (TPSA) is 43.1 Å². The fourth-order valence-electron chi connectivity index (χ4n) is 1.32. The predicted molar refractivity (Wildman–Crippen MR) is 54.8 cm³/mol. The van der Waals surface area contributed by atoms with Gasteiger partial charge in [-0.25, -0.2) is 0 Å². The molecular formula is C11H15NO. The number of ketones is 1. The fraction of sp³-hybridized carbons (Fsp3) is 0.364. The minimum Gasteiger partial charge on any atom is -0.398 e. The lowest BCUT2D eigenvalue weighted by molar-refractivity contribution is 0.0981. The summed E-state index contributed by atoms with van der Waals surface area (Å²) >= 11 is 0. The minimum atomic E-state index is 0.187. The molecule has 0 saturated heterocycles. The maximum absolute atomic E-state index is 11.6. The van der Waals surface area contributed by atoms with Gasteiger partial charge in [0.25, 0.3) is 0 Å². The Morgan fingerprint density at radius 1 is 1.46 bits per heavy atom. The van der Waals surface area contributed by atoms with Crippen LogP contribution in [0, 0.1) is 6.92 Å². The summed E-state index contributed by atoms with van der Waals surface area (Å²) in [6.45, 7) is 3.89. The van der Waals surface area contributed by atoms with Gasteiger partial charge in [-0.2, -0.15) is 0 Å². The Balaban J connectivity index is 3.01. The molecular weight excluding hydrogens is 162 g/mol. The molecule has 0 radical (unpaired) electrons. The number of nitrogens with two attached hydrogens (primary N) is 1. The monoisotopic (exact) mass is 177 g/mol. The summed E-state index contributed by atoms with van der Waals surface area (Å²) in [7, 11) is 0. The Hall–Kier alpha value is -1.31. The van der Waals surface area contributed by atoms with Crippen LogP contribution < -0.4 is 5.73 Å². The van der Waals surface area contributed by atoms with Gasteiger partial charge in [-0.05, 0) is 25.0 Å². The van der Waals surface area contributed by atoms with Crippen molar-refractivity contribution in [3.8, 4) is 0 Å². The first-order valence-corrected chi connectivity index (χ1v) is 4.55. The molecule has 0 aliphatic carbocycles. The highest BCUT2D eigenvalue weighted by Gasteiger charge is 2.08. The zero-order chi connectivity index (χ0) is 9.84. The molecule has 1 rings (SSSR count). The fourth-order valence-corrected chi connectivity index (χ4v) is 1.32. The van der Waals surface area contributed by atoms with Gasteiger partial charge in [-0.1, -0.05) is 19.1 Å². The van der Waals surface area contributed by atoms with E-state index in [0.29, 0.717) is 12.1 Å². The number of hydrogen-bond donors (Lipinski definition) is 1. The van der Waals surface area contributed by atoms with Crippen LogP contribution in [0.4, 0.5) is 5.69 Å². The smallest absolute Gasteiger partial charge is 0.163 e. The van der Waals surface area contributed by atoms with Crippen molar-refractivity contribution >= 4 is 11.5 Å². The van der Waals surface area contributed by atoms with E-state index in [2.05, 4.69) is 0 Å². The molecule has 0 bridgehead atoms. The second kappa shape index (κ2) is 4.08. The number of Topliss-reactive ketones (excluding diaryl/α,β-unsaturated/α-hetero) is 1. The number of carbonyl (C=O) groups excluding carboxylic acids is 1. The molecule has 0 aromatic heterocycles. The Morgan fingerprint density at radius 3 is 2.77 bits per heavy atom. The van der Waals surface area contributed by atoms with E-state index >= 15 is 0 Å². The van der Waals surface area contributed by atoms with E-state index in [-0.39, 0.29) is 5.78 Å². The maximum atomic E-state index is 11.6. The summed E-state index contributed by atoms with van der Waals surface area (Å²) in [5.74, 6) is 0.187. The van der Waals surface area contributed by atoms with Gasteiger partial charge in [0.2, 0.25) is 0 Å². The summed E-state index contributed by atoms with van der Waals surface area (Å²) < 4.78 is 0. The van der Waals surface area contributed by atoms with Gasteiger partial charge in [0.05, 0.1) is 0 Å². The molecule has 70 valence electrons. The molecule has 0 aliphatic rings. The highest BCUT2D eigenvalue weighted by atomic mass is 16.1. The standard InChI is InChI=1S/C11H15NO/c1-3-5-11(13)9-6-4-7-10(12)8(9)2/h4,6-7H,3,5,12H2,1-2H3. The first-order chi connectivity index (χ1) is 6.16. The second-order valence-electron chi connectivity index (χ2n) is 3.19. The van der Waals surface area contributed by atoms with E-state index in [1.54, 1.807) is 0 Å². The van der Waals surface area contributed by atoms with E-state index < -0.39 is 0 Å². The Morgan fingerprint density at radius 2 is 2.15 bits per heavy atom. The van der Waals surface area contributed by atoms with Crippen LogP contribution in [0.2, 0.25) is 0 Å². The lowest BCUT2D eigenvalue weighted by atomic mass is 10.0. The minimum absolute atomic E-state index is 0.187. The molecule has 0 heterocycles. The lowest BCUT2D eigenvalue weighted by Crippen LogP contribution is -2.03. The van der Waals surface area contributed by atoms with E-state index in [0.717, 1.165) is 17.5 Å². The number of nitrogen functional groups attached to an aromatic ring is 1. The molecule has 2 heteroatoms. The molecule has 0 aliphatic heterocycles. The van der Waals surface area contributed by atoms with Crippen molar-refractivity contribution in [2.24, 2.45) is 0 Å². The molecule has 0 spiro atoms. The second-order valence-corrected chi connectivity index (χ2v) is 3.19. The highest BCUT2D eigenvalue weighted by molar-refractivity contribution is 5.98. The van der Waals surface area contributed by atoms with Crippen molar-refractivity contribution in [3.63, 3.8) is 0 Å². The molecule has 0 atom stereocenters. The van der Waals surface area contributed by atoms with Crippen LogP contribution in [-0.4, -0.2) is 5.78 Å². The van der Waals surface area contributed by atoms with Crippen molar-refractivity contribution in [1.29, 1.82) is 0 Å². The highest BCUT2D eigenvalue weighted by Crippen LogP contribution is 2.17. The first-order valence-electron chi connectivity index (χ1n) is 4.55. The van der Waals surface area contributed by atoms with Crippen LogP contribution >= 0.6 is 0 Å². The van der Waals surface area contributed by atoms with E-state index in [1.165, 1.54) is 0 Å². The largest absolute Gasteiger partial charge is 0.398 e. The Bertz CT molecular complexity index is 318. The number of anilines is 1. The molecule has 2 nitrogen and oxygen atoms in total. The van der Waals surface area contributed by atoms with Gasteiger partial charge in [0.15, 0.2) is 5.78 Å². The van der Waals surface area contributed by atoms with Gasteiger partial charge < -0.3 is 5.73 Å². The molecule has 0 fully saturated rings. The maximum Gasteiger partial charge on any atom is 0.163 e. The predicted octanol–water partition coefficient (Wildman–Crippen LogP) is 2.56. The van der Waals surface area contributed by atoms with Crippen molar-refractivity contribution in [3.05, 3.63) is 29.3 Å². The van der Waals surface area contributed by atoms with Crippen LogP contribution in [0.5, 0.6) is 0 Å². The molecule has 0 saturated carbocycles. The van der Waals surface area contributed by atoms with E-state index in [1.807, 2.05) is 32.0 Å². The van der Waals surface area contributed by atoms with Crippen molar-refractivity contribution in [1.82, 2.24) is 0 Å². The van der Waals surface area contributed by atoms with Gasteiger partial charge >= 0.3 is 0 Å². The van der Waals surface area contributed by atoms with Gasteiger partial charge in [-0.15, -0.1) is 0 Å². The average Bonchev–Trinajstić information content (AvgIpc) is 2.10. The number of carbonyl (C=O) groups is 1. The summed E-state index contributed by atoms with van der Waals surface area (Å²) in [6, 6.07) is 5.48. The van der Waals surface area contributed by atoms with Crippen LogP contribution in [-0.2, 0) is 0 Å². The molecule has 2 N–H and O–H groups in total. The summed E-state index contributed by atoms with van der Waals surface area (Å²) in [4.78, 5) is 11.6. The lowest BCUT2D eigenvalue weighted by Gasteiger charge is -2.05. The molecule has 0 amide bonds. The van der Waals surface area contributed by atoms with Gasteiger partial charge in [0, 0.05) is 17.7 Å². The van der Waals surface area contributed by atoms with Crippen molar-refractivity contribution in [2.75, 3.05) is 5.73 Å². The quantitative estimate of drug-likeness (QED) is 0.569. The third-order valence-corrected chi connectivity index (χ3v) is 2.15. The van der Waals surface area contributed by atoms with Gasteiger partial charge in [0.1, 0.15) is 0 Å².